The molecular formula is C5H8O2S. The van der Waals surface area contributed by atoms with Gasteiger partial charge in [-0.3, -0.25) is 9.59 Å². The molecule has 0 aliphatic heterocycles. The molecule has 0 spiro atoms. The van der Waals surface area contributed by atoms with Crippen LogP contribution in [0.25, 0.3) is 0 Å². The summed E-state index contributed by atoms with van der Waals surface area (Å²) in [5.74, 6) is 0.315. The minimum atomic E-state index is -0.364. The minimum Gasteiger partial charge on any atom is -0.290 e. The van der Waals surface area contributed by atoms with Crippen LogP contribution in [0.5, 0.6) is 0 Å². The Labute approximate surface area is 52.6 Å². The molecule has 0 fully saturated rings. The van der Waals surface area contributed by atoms with Gasteiger partial charge in [-0.25, -0.2) is 0 Å². The molecule has 0 saturated carbocycles. The van der Waals surface area contributed by atoms with E-state index in [1.165, 1.54) is 6.92 Å². The third-order valence-electron chi connectivity index (χ3n) is 0.563. The maximum atomic E-state index is 10.4. The van der Waals surface area contributed by atoms with E-state index in [0.717, 1.165) is 11.8 Å². The van der Waals surface area contributed by atoms with Crippen LogP contribution in [0.3, 0.4) is 0 Å². The van der Waals surface area contributed by atoms with Crippen molar-refractivity contribution in [3.63, 3.8) is 0 Å². The lowest BCUT2D eigenvalue weighted by Gasteiger charge is -1.86. The van der Waals surface area contributed by atoms with E-state index in [0.29, 0.717) is 5.75 Å². The molecule has 8 heavy (non-hydrogen) atoms. The fraction of sp³-hybridized carbons (Fsp3) is 0.600. The second-order valence-electron chi connectivity index (χ2n) is 1.28. The Morgan fingerprint density at radius 3 is 2.12 bits per heavy atom. The van der Waals surface area contributed by atoms with E-state index in [1.807, 2.05) is 6.92 Å². The Morgan fingerprint density at radius 2 is 2.00 bits per heavy atom. The number of ketones is 1. The maximum Gasteiger partial charge on any atom is 0.254 e. The zero-order valence-corrected chi connectivity index (χ0v) is 5.75. The smallest absolute Gasteiger partial charge is 0.254 e. The second kappa shape index (κ2) is 3.66. The van der Waals surface area contributed by atoms with Crippen LogP contribution in [0.2, 0.25) is 0 Å². The molecule has 3 heteroatoms. The summed E-state index contributed by atoms with van der Waals surface area (Å²) in [7, 11) is 0. The molecule has 0 aromatic heterocycles. The number of thioether (sulfide) groups is 1. The van der Waals surface area contributed by atoms with Crippen LogP contribution in [0, 0.1) is 0 Å². The summed E-state index contributed by atoms with van der Waals surface area (Å²) in [5, 5.41) is -0.340. The summed E-state index contributed by atoms with van der Waals surface area (Å²) in [5.41, 5.74) is 0. The van der Waals surface area contributed by atoms with Gasteiger partial charge in [-0.2, -0.15) is 0 Å². The van der Waals surface area contributed by atoms with Gasteiger partial charge in [0.1, 0.15) is 0 Å². The van der Waals surface area contributed by atoms with Crippen LogP contribution >= 0.6 is 11.8 Å². The number of Topliss-reactive ketones (excluding diaryl/α,β-unsaturated/α-hetero) is 1. The standard InChI is InChI=1S/C5H8O2S/c1-3-8-5(7)4(2)6/h3H2,1-2H3. The normalized spacial score (nSPS) is 8.75. The van der Waals surface area contributed by atoms with E-state index >= 15 is 0 Å². The van der Waals surface area contributed by atoms with Gasteiger partial charge in [-0.1, -0.05) is 18.7 Å². The molecule has 0 atom stereocenters. The zero-order valence-electron chi connectivity index (χ0n) is 4.93. The van der Waals surface area contributed by atoms with Crippen molar-refractivity contribution in [1.82, 2.24) is 0 Å². The summed E-state index contributed by atoms with van der Waals surface area (Å²) in [4.78, 5) is 20.5. The first-order chi connectivity index (χ1) is 3.68. The SMILES string of the molecule is CCSC(=O)C(C)=O. The first kappa shape index (κ1) is 7.69. The molecule has 0 radical (unpaired) electrons. The van der Waals surface area contributed by atoms with Gasteiger partial charge in [0.25, 0.3) is 5.12 Å². The van der Waals surface area contributed by atoms with E-state index < -0.39 is 0 Å². The van der Waals surface area contributed by atoms with E-state index in [9.17, 15) is 9.59 Å². The van der Waals surface area contributed by atoms with E-state index in [4.69, 9.17) is 0 Å². The summed E-state index contributed by atoms with van der Waals surface area (Å²) in [6.45, 7) is 3.12. The van der Waals surface area contributed by atoms with Crippen LogP contribution < -0.4 is 0 Å². The predicted molar refractivity (Wildman–Crippen MR) is 33.8 cm³/mol. The Balaban J connectivity index is 3.49. The van der Waals surface area contributed by atoms with Gasteiger partial charge < -0.3 is 0 Å². The van der Waals surface area contributed by atoms with Crippen molar-refractivity contribution >= 4 is 22.7 Å². The van der Waals surface area contributed by atoms with Gasteiger partial charge in [0.2, 0.25) is 5.78 Å². The predicted octanol–water partition coefficient (Wildman–Crippen LogP) is 0.855. The summed E-state index contributed by atoms with van der Waals surface area (Å²) in [6, 6.07) is 0. The summed E-state index contributed by atoms with van der Waals surface area (Å²) in [6.07, 6.45) is 0. The third kappa shape index (κ3) is 2.80. The lowest BCUT2D eigenvalue weighted by molar-refractivity contribution is -0.130. The summed E-state index contributed by atoms with van der Waals surface area (Å²) < 4.78 is 0. The highest BCUT2D eigenvalue weighted by atomic mass is 32.2. The average Bonchev–Trinajstić information content (AvgIpc) is 1.67. The van der Waals surface area contributed by atoms with Gasteiger partial charge in [-0.05, 0) is 5.75 Å². The molecule has 0 heterocycles. The second-order valence-corrected chi connectivity index (χ2v) is 2.51. The first-order valence-electron chi connectivity index (χ1n) is 2.36. The molecule has 0 saturated heterocycles. The van der Waals surface area contributed by atoms with Crippen LogP contribution in [-0.4, -0.2) is 16.7 Å². The first-order valence-corrected chi connectivity index (χ1v) is 3.34. The molecule has 0 aliphatic rings. The molecule has 2 nitrogen and oxygen atoms in total. The zero-order chi connectivity index (χ0) is 6.57. The van der Waals surface area contributed by atoms with E-state index in [-0.39, 0.29) is 10.9 Å². The molecule has 0 N–H and O–H groups in total. The quantitative estimate of drug-likeness (QED) is 0.522. The molecule has 0 bridgehead atoms. The molecule has 46 valence electrons. The van der Waals surface area contributed by atoms with Crippen molar-refractivity contribution in [3.05, 3.63) is 0 Å². The van der Waals surface area contributed by atoms with Crippen LogP contribution in [0.4, 0.5) is 0 Å². The van der Waals surface area contributed by atoms with Gasteiger partial charge >= 0.3 is 0 Å². The van der Waals surface area contributed by atoms with Crippen molar-refractivity contribution in [2.24, 2.45) is 0 Å². The van der Waals surface area contributed by atoms with E-state index in [1.54, 1.807) is 0 Å². The topological polar surface area (TPSA) is 34.1 Å². The highest BCUT2D eigenvalue weighted by Gasteiger charge is 2.04. The fourth-order valence-corrected chi connectivity index (χ4v) is 0.698. The van der Waals surface area contributed by atoms with Crippen LogP contribution in [-0.2, 0) is 9.59 Å². The maximum absolute atomic E-state index is 10.4. The minimum absolute atomic E-state index is 0.340. The molecule has 0 rings (SSSR count). The van der Waals surface area contributed by atoms with E-state index in [2.05, 4.69) is 0 Å². The van der Waals surface area contributed by atoms with Crippen molar-refractivity contribution in [2.45, 2.75) is 13.8 Å². The third-order valence-corrected chi connectivity index (χ3v) is 1.40. The summed E-state index contributed by atoms with van der Waals surface area (Å²) >= 11 is 1.05. The number of hydrogen-bond acceptors (Lipinski definition) is 3. The number of carbonyl (C=O) groups is 2. The van der Waals surface area contributed by atoms with Crippen molar-refractivity contribution in [2.75, 3.05) is 5.75 Å². The molecule has 0 unspecified atom stereocenters. The van der Waals surface area contributed by atoms with Crippen LogP contribution in [0.15, 0.2) is 0 Å². The molecule has 0 aromatic carbocycles. The Bertz CT molecular complexity index is 109. The number of rotatable bonds is 2. The number of carbonyl (C=O) groups excluding carboxylic acids is 2. The average molecular weight is 132 g/mol. The van der Waals surface area contributed by atoms with Crippen molar-refractivity contribution in [1.29, 1.82) is 0 Å². The molecule has 0 aliphatic carbocycles. The van der Waals surface area contributed by atoms with Crippen molar-refractivity contribution in [3.8, 4) is 0 Å². The highest BCUT2D eigenvalue weighted by molar-refractivity contribution is 8.15. The molecular weight excluding hydrogens is 124 g/mol. The lowest BCUT2D eigenvalue weighted by atomic mass is 10.5. The van der Waals surface area contributed by atoms with Crippen LogP contribution in [0.1, 0.15) is 13.8 Å². The Hall–Kier alpha value is -0.310. The monoisotopic (exact) mass is 132 g/mol. The highest BCUT2D eigenvalue weighted by Crippen LogP contribution is 1.99. The number of hydrogen-bond donors (Lipinski definition) is 0. The van der Waals surface area contributed by atoms with Gasteiger partial charge in [-0.15, -0.1) is 0 Å². The molecule has 0 aromatic rings. The van der Waals surface area contributed by atoms with Gasteiger partial charge in [0.15, 0.2) is 0 Å². The van der Waals surface area contributed by atoms with Gasteiger partial charge in [0, 0.05) is 6.92 Å². The lowest BCUT2D eigenvalue weighted by Crippen LogP contribution is -2.03. The largest absolute Gasteiger partial charge is 0.290 e. The Morgan fingerprint density at radius 1 is 1.50 bits per heavy atom. The Kier molecular flexibility index (Phi) is 3.52. The fourth-order valence-electron chi connectivity index (χ4n) is 0.233. The van der Waals surface area contributed by atoms with Crippen molar-refractivity contribution < 1.29 is 9.59 Å². The molecule has 0 amide bonds. The van der Waals surface area contributed by atoms with Gasteiger partial charge in [0.05, 0.1) is 0 Å².